The van der Waals surface area contributed by atoms with Crippen molar-refractivity contribution in [2.75, 3.05) is 19.7 Å². The first-order valence-electron chi connectivity index (χ1n) is 8.72. The number of carbonyl (C=O) groups is 2. The molecule has 1 aromatic heterocycles. The van der Waals surface area contributed by atoms with E-state index in [0.29, 0.717) is 25.6 Å². The van der Waals surface area contributed by atoms with Crippen molar-refractivity contribution in [2.45, 2.75) is 45.6 Å². The second-order valence-electron chi connectivity index (χ2n) is 6.63. The summed E-state index contributed by atoms with van der Waals surface area (Å²) in [4.78, 5) is 30.8. The smallest absolute Gasteiger partial charge is 0.409 e. The number of nitrogens with zero attached hydrogens (tertiary/aromatic N) is 2. The molecule has 7 heteroatoms. The Morgan fingerprint density at radius 2 is 2.25 bits per heavy atom. The average Bonchev–Trinajstić information content (AvgIpc) is 3.33. The Labute approximate surface area is 146 Å². The topological polar surface area (TPSA) is 71.5 Å². The summed E-state index contributed by atoms with van der Waals surface area (Å²) in [6, 6.07) is 0.0224. The van der Waals surface area contributed by atoms with Gasteiger partial charge in [-0.1, -0.05) is 0 Å². The van der Waals surface area contributed by atoms with Crippen LogP contribution in [0.1, 0.15) is 49.4 Å². The van der Waals surface area contributed by atoms with Crippen LogP contribution in [0.15, 0.2) is 5.38 Å². The van der Waals surface area contributed by atoms with E-state index in [4.69, 9.17) is 4.74 Å². The number of hydrogen-bond donors (Lipinski definition) is 1. The molecule has 1 aliphatic carbocycles. The van der Waals surface area contributed by atoms with Gasteiger partial charge in [-0.15, -0.1) is 11.3 Å². The number of ether oxygens (including phenoxy) is 1. The second-order valence-corrected chi connectivity index (χ2v) is 7.52. The molecular weight excluding hydrogens is 326 g/mol. The quantitative estimate of drug-likeness (QED) is 0.885. The third kappa shape index (κ3) is 4.06. The summed E-state index contributed by atoms with van der Waals surface area (Å²) in [5.74, 6) is 0.378. The van der Waals surface area contributed by atoms with E-state index in [1.54, 1.807) is 23.2 Å². The summed E-state index contributed by atoms with van der Waals surface area (Å²) < 4.78 is 5.06. The molecule has 0 bridgehead atoms. The first-order valence-corrected chi connectivity index (χ1v) is 9.60. The molecular formula is C17H25N3O3S. The van der Waals surface area contributed by atoms with Gasteiger partial charge in [-0.25, -0.2) is 9.78 Å². The predicted molar refractivity (Wildman–Crippen MR) is 91.8 cm³/mol. The van der Waals surface area contributed by atoms with Crippen LogP contribution in [0, 0.1) is 18.8 Å². The normalized spacial score (nSPS) is 22.1. The zero-order valence-corrected chi connectivity index (χ0v) is 15.1. The number of carbonyl (C=O) groups excluding carboxylic acids is 2. The number of aryl methyl sites for hydroxylation is 1. The zero-order chi connectivity index (χ0) is 17.1. The van der Waals surface area contributed by atoms with Crippen molar-refractivity contribution in [1.29, 1.82) is 0 Å². The molecule has 0 aromatic carbocycles. The van der Waals surface area contributed by atoms with Crippen molar-refractivity contribution < 1.29 is 14.3 Å². The third-order valence-electron chi connectivity index (χ3n) is 4.61. The van der Waals surface area contributed by atoms with Gasteiger partial charge in [0.2, 0.25) is 5.91 Å². The Morgan fingerprint density at radius 3 is 2.88 bits per heavy atom. The van der Waals surface area contributed by atoms with Crippen LogP contribution in [0.25, 0.3) is 0 Å². The number of thiazole rings is 1. The van der Waals surface area contributed by atoms with Gasteiger partial charge < -0.3 is 15.0 Å². The number of amides is 2. The largest absolute Gasteiger partial charge is 0.450 e. The second kappa shape index (κ2) is 7.51. The molecule has 1 N–H and O–H groups in total. The highest BCUT2D eigenvalue weighted by Crippen LogP contribution is 2.42. The maximum absolute atomic E-state index is 12.7. The molecule has 2 amide bonds. The molecule has 2 aliphatic rings. The van der Waals surface area contributed by atoms with E-state index < -0.39 is 0 Å². The summed E-state index contributed by atoms with van der Waals surface area (Å²) in [6.07, 6.45) is 3.62. The molecule has 3 rings (SSSR count). The molecule has 2 unspecified atom stereocenters. The number of aromatic nitrogens is 1. The van der Waals surface area contributed by atoms with Crippen LogP contribution in [-0.4, -0.2) is 41.6 Å². The molecule has 1 saturated heterocycles. The van der Waals surface area contributed by atoms with Crippen molar-refractivity contribution in [1.82, 2.24) is 15.2 Å². The zero-order valence-electron chi connectivity index (χ0n) is 14.3. The van der Waals surface area contributed by atoms with E-state index in [0.717, 1.165) is 36.4 Å². The molecule has 1 aromatic rings. The monoisotopic (exact) mass is 351 g/mol. The van der Waals surface area contributed by atoms with Crippen molar-refractivity contribution in [3.63, 3.8) is 0 Å². The fraction of sp³-hybridized carbons (Fsp3) is 0.706. The fourth-order valence-electron chi connectivity index (χ4n) is 3.17. The third-order valence-corrected chi connectivity index (χ3v) is 5.66. The number of rotatable bonds is 5. The standard InChI is InChI=1S/C17H25N3O3S/c1-3-23-17(22)20-8-4-5-13(9-20)15(21)19-14(12-6-7-12)16-18-11(2)10-24-16/h10,12-14H,3-9H2,1-2H3,(H,19,21). The van der Waals surface area contributed by atoms with Gasteiger partial charge in [-0.3, -0.25) is 4.79 Å². The number of likely N-dealkylation sites (tertiary alicyclic amines) is 1. The van der Waals surface area contributed by atoms with E-state index >= 15 is 0 Å². The molecule has 1 aliphatic heterocycles. The first-order chi connectivity index (χ1) is 11.6. The highest BCUT2D eigenvalue weighted by atomic mass is 32.1. The first kappa shape index (κ1) is 17.2. The lowest BCUT2D eigenvalue weighted by Gasteiger charge is -2.32. The highest BCUT2D eigenvalue weighted by Gasteiger charge is 2.37. The Balaban J connectivity index is 1.61. The van der Waals surface area contributed by atoms with Crippen LogP contribution in [0.3, 0.4) is 0 Å². The molecule has 2 atom stereocenters. The van der Waals surface area contributed by atoms with Crippen LogP contribution in [0.5, 0.6) is 0 Å². The van der Waals surface area contributed by atoms with Crippen molar-refractivity contribution >= 4 is 23.3 Å². The Kier molecular flexibility index (Phi) is 5.38. The molecule has 24 heavy (non-hydrogen) atoms. The Bertz CT molecular complexity index is 600. The minimum Gasteiger partial charge on any atom is -0.450 e. The Hall–Kier alpha value is -1.63. The molecule has 6 nitrogen and oxygen atoms in total. The summed E-state index contributed by atoms with van der Waals surface area (Å²) >= 11 is 1.62. The molecule has 2 heterocycles. The summed E-state index contributed by atoms with van der Waals surface area (Å²) in [5, 5.41) is 6.23. The molecule has 1 saturated carbocycles. The van der Waals surface area contributed by atoms with Crippen LogP contribution >= 0.6 is 11.3 Å². The predicted octanol–water partition coefficient (Wildman–Crippen LogP) is 2.89. The summed E-state index contributed by atoms with van der Waals surface area (Å²) in [7, 11) is 0. The van der Waals surface area contributed by atoms with Crippen LogP contribution in [-0.2, 0) is 9.53 Å². The van der Waals surface area contributed by atoms with E-state index in [2.05, 4.69) is 10.3 Å². The van der Waals surface area contributed by atoms with Crippen molar-refractivity contribution in [2.24, 2.45) is 11.8 Å². The lowest BCUT2D eigenvalue weighted by molar-refractivity contribution is -0.127. The SMILES string of the molecule is CCOC(=O)N1CCCC(C(=O)NC(c2nc(C)cs2)C2CC2)C1. The number of nitrogens with one attached hydrogen (secondary N) is 1. The van der Waals surface area contributed by atoms with Gasteiger partial charge in [-0.2, -0.15) is 0 Å². The van der Waals surface area contributed by atoms with Gasteiger partial charge in [0, 0.05) is 24.2 Å². The van der Waals surface area contributed by atoms with Gasteiger partial charge in [0.05, 0.1) is 18.6 Å². The van der Waals surface area contributed by atoms with Gasteiger partial charge in [0.25, 0.3) is 0 Å². The average molecular weight is 351 g/mol. The summed E-state index contributed by atoms with van der Waals surface area (Å²) in [5.41, 5.74) is 1.00. The van der Waals surface area contributed by atoms with Crippen LogP contribution in [0.4, 0.5) is 4.79 Å². The van der Waals surface area contributed by atoms with E-state index in [1.807, 2.05) is 12.3 Å². The van der Waals surface area contributed by atoms with Gasteiger partial charge >= 0.3 is 6.09 Å². The molecule has 2 fully saturated rings. The maximum atomic E-state index is 12.7. The fourth-order valence-corrected chi connectivity index (χ4v) is 4.11. The van der Waals surface area contributed by atoms with Gasteiger partial charge in [-0.05, 0) is 45.4 Å². The minimum atomic E-state index is -0.315. The van der Waals surface area contributed by atoms with Gasteiger partial charge in [0.1, 0.15) is 5.01 Å². The van der Waals surface area contributed by atoms with Crippen molar-refractivity contribution in [3.8, 4) is 0 Å². The van der Waals surface area contributed by atoms with Crippen molar-refractivity contribution in [3.05, 3.63) is 16.1 Å². The van der Waals surface area contributed by atoms with Gasteiger partial charge in [0.15, 0.2) is 0 Å². The molecule has 0 spiro atoms. The van der Waals surface area contributed by atoms with Crippen LogP contribution in [0.2, 0.25) is 0 Å². The maximum Gasteiger partial charge on any atom is 0.409 e. The minimum absolute atomic E-state index is 0.0224. The highest BCUT2D eigenvalue weighted by molar-refractivity contribution is 7.09. The van der Waals surface area contributed by atoms with E-state index in [9.17, 15) is 9.59 Å². The van der Waals surface area contributed by atoms with Crippen LogP contribution < -0.4 is 5.32 Å². The Morgan fingerprint density at radius 1 is 1.46 bits per heavy atom. The number of piperidine rings is 1. The molecule has 0 radical (unpaired) electrons. The lowest BCUT2D eigenvalue weighted by Crippen LogP contribution is -2.46. The lowest BCUT2D eigenvalue weighted by atomic mass is 9.97. The van der Waals surface area contributed by atoms with E-state index in [1.165, 1.54) is 0 Å². The summed E-state index contributed by atoms with van der Waals surface area (Å²) in [6.45, 7) is 5.24. The van der Waals surface area contributed by atoms with E-state index in [-0.39, 0.29) is 24.0 Å². The molecule has 132 valence electrons. The number of hydrogen-bond acceptors (Lipinski definition) is 5.